The lowest BCUT2D eigenvalue weighted by Crippen LogP contribution is -2.23. The second-order valence-electron chi connectivity index (χ2n) is 3.79. The first-order valence-corrected chi connectivity index (χ1v) is 5.03. The number of nitrogen functional groups attached to an aromatic ring is 1. The van der Waals surface area contributed by atoms with Gasteiger partial charge >= 0.3 is 0 Å². The van der Waals surface area contributed by atoms with Crippen LogP contribution in [-0.2, 0) is 18.3 Å². The topological polar surface area (TPSA) is 104 Å². The fraction of sp³-hybridized carbons (Fsp3) is 0.182. The van der Waals surface area contributed by atoms with Crippen molar-refractivity contribution in [1.82, 2.24) is 9.55 Å². The number of anilines is 1. The van der Waals surface area contributed by atoms with Gasteiger partial charge in [-0.15, -0.1) is 0 Å². The molecule has 0 aliphatic carbocycles. The Bertz CT molecular complexity index is 660. The zero-order chi connectivity index (χ0) is 12.6. The van der Waals surface area contributed by atoms with Crippen LogP contribution in [0.4, 0.5) is 5.95 Å². The van der Waals surface area contributed by atoms with Gasteiger partial charge in [0.1, 0.15) is 0 Å². The quantitative estimate of drug-likeness (QED) is 0.731. The molecule has 6 heteroatoms. The van der Waals surface area contributed by atoms with Gasteiger partial charge in [-0.3, -0.25) is 14.2 Å². The highest BCUT2D eigenvalue weighted by Gasteiger charge is 2.11. The molecule has 0 atom stereocenters. The molecule has 0 aliphatic heterocycles. The van der Waals surface area contributed by atoms with Gasteiger partial charge in [0.25, 0.3) is 5.56 Å². The van der Waals surface area contributed by atoms with E-state index in [0.29, 0.717) is 16.5 Å². The zero-order valence-electron chi connectivity index (χ0n) is 9.30. The molecule has 2 rings (SSSR count). The van der Waals surface area contributed by atoms with Gasteiger partial charge in [-0.25, -0.2) is 4.98 Å². The van der Waals surface area contributed by atoms with Crippen LogP contribution in [0.15, 0.2) is 23.0 Å². The molecular formula is C11H12N4O2. The third kappa shape index (κ3) is 1.84. The molecule has 1 aromatic carbocycles. The molecule has 0 saturated heterocycles. The van der Waals surface area contributed by atoms with Gasteiger partial charge in [0.15, 0.2) is 0 Å². The molecule has 0 aliphatic rings. The number of nitrogens with zero attached hydrogens (tertiary/aromatic N) is 2. The Morgan fingerprint density at radius 1 is 1.47 bits per heavy atom. The minimum Gasteiger partial charge on any atom is -0.369 e. The van der Waals surface area contributed by atoms with Crippen LogP contribution in [0.1, 0.15) is 5.56 Å². The molecule has 0 radical (unpaired) electrons. The van der Waals surface area contributed by atoms with E-state index in [1.807, 2.05) is 0 Å². The third-order valence-corrected chi connectivity index (χ3v) is 2.59. The Labute approximate surface area is 96.9 Å². The highest BCUT2D eigenvalue weighted by molar-refractivity contribution is 5.87. The molecule has 0 spiro atoms. The van der Waals surface area contributed by atoms with Gasteiger partial charge in [-0.1, -0.05) is 12.1 Å². The summed E-state index contributed by atoms with van der Waals surface area (Å²) >= 11 is 0. The van der Waals surface area contributed by atoms with Gasteiger partial charge in [-0.05, 0) is 11.6 Å². The highest BCUT2D eigenvalue weighted by atomic mass is 16.1. The summed E-state index contributed by atoms with van der Waals surface area (Å²) in [5.74, 6) is -0.352. The minimum absolute atomic E-state index is 0.0121. The van der Waals surface area contributed by atoms with Crippen molar-refractivity contribution < 1.29 is 4.79 Å². The molecule has 0 saturated carbocycles. The second kappa shape index (κ2) is 3.89. The maximum atomic E-state index is 12.0. The summed E-state index contributed by atoms with van der Waals surface area (Å²) in [5.41, 5.74) is 11.5. The van der Waals surface area contributed by atoms with E-state index in [-0.39, 0.29) is 17.9 Å². The summed E-state index contributed by atoms with van der Waals surface area (Å²) < 4.78 is 1.24. The number of rotatable bonds is 2. The first kappa shape index (κ1) is 11.1. The number of hydrogen-bond donors (Lipinski definition) is 2. The average molecular weight is 232 g/mol. The van der Waals surface area contributed by atoms with Crippen LogP contribution in [0.25, 0.3) is 10.9 Å². The number of primary amides is 1. The van der Waals surface area contributed by atoms with Crippen LogP contribution < -0.4 is 17.0 Å². The Kier molecular flexibility index (Phi) is 2.55. The Balaban J connectivity index is 2.84. The van der Waals surface area contributed by atoms with Crippen LogP contribution in [0.3, 0.4) is 0 Å². The number of fused-ring (bicyclic) bond motifs is 1. The van der Waals surface area contributed by atoms with Crippen molar-refractivity contribution in [2.24, 2.45) is 12.8 Å². The predicted octanol–water partition coefficient (Wildman–Crippen LogP) is -0.456. The van der Waals surface area contributed by atoms with Gasteiger partial charge in [-0.2, -0.15) is 0 Å². The number of carbonyl (C=O) groups is 1. The molecule has 1 heterocycles. The maximum Gasteiger partial charge on any atom is 0.262 e. The van der Waals surface area contributed by atoms with Crippen LogP contribution in [0.5, 0.6) is 0 Å². The summed E-state index contributed by atoms with van der Waals surface area (Å²) in [5, 5.41) is 0.392. The second-order valence-corrected chi connectivity index (χ2v) is 3.79. The molecule has 17 heavy (non-hydrogen) atoms. The molecule has 88 valence electrons. The highest BCUT2D eigenvalue weighted by Crippen LogP contribution is 2.14. The van der Waals surface area contributed by atoms with Gasteiger partial charge in [0.05, 0.1) is 17.3 Å². The van der Waals surface area contributed by atoms with Crippen LogP contribution in [0, 0.1) is 0 Å². The molecule has 0 fully saturated rings. The van der Waals surface area contributed by atoms with Crippen molar-refractivity contribution >= 4 is 22.8 Å². The summed E-state index contributed by atoms with van der Waals surface area (Å²) in [6, 6.07) is 5.08. The molecule has 1 aromatic heterocycles. The van der Waals surface area contributed by atoms with Crippen molar-refractivity contribution in [3.8, 4) is 0 Å². The lowest BCUT2D eigenvalue weighted by atomic mass is 10.1. The smallest absolute Gasteiger partial charge is 0.262 e. The number of amides is 1. The fourth-order valence-electron chi connectivity index (χ4n) is 1.73. The zero-order valence-corrected chi connectivity index (χ0v) is 9.30. The molecule has 4 N–H and O–H groups in total. The summed E-state index contributed by atoms with van der Waals surface area (Å²) in [6.07, 6.45) is 0.0121. The number of benzene rings is 1. The van der Waals surface area contributed by atoms with Gasteiger partial charge in [0, 0.05) is 7.05 Å². The van der Waals surface area contributed by atoms with Crippen LogP contribution in [-0.4, -0.2) is 15.5 Å². The van der Waals surface area contributed by atoms with Crippen molar-refractivity contribution in [3.63, 3.8) is 0 Å². The summed E-state index contributed by atoms with van der Waals surface area (Å²) in [4.78, 5) is 27.1. The van der Waals surface area contributed by atoms with Crippen molar-refractivity contribution in [1.29, 1.82) is 0 Å². The maximum absolute atomic E-state index is 12.0. The molecule has 1 amide bonds. The number of hydrogen-bond acceptors (Lipinski definition) is 4. The van der Waals surface area contributed by atoms with E-state index < -0.39 is 5.91 Å². The van der Waals surface area contributed by atoms with E-state index in [2.05, 4.69) is 4.98 Å². The summed E-state index contributed by atoms with van der Waals surface area (Å²) in [7, 11) is 1.53. The van der Waals surface area contributed by atoms with Crippen molar-refractivity contribution in [3.05, 3.63) is 34.1 Å². The fourth-order valence-corrected chi connectivity index (χ4v) is 1.73. The molecular weight excluding hydrogens is 220 g/mol. The molecule has 6 nitrogen and oxygen atoms in total. The largest absolute Gasteiger partial charge is 0.369 e. The molecule has 2 aromatic rings. The SMILES string of the molecule is Cn1c(N)nc2cccc(CC(N)=O)c2c1=O. The van der Waals surface area contributed by atoms with Crippen molar-refractivity contribution in [2.45, 2.75) is 6.42 Å². The normalized spacial score (nSPS) is 10.6. The summed E-state index contributed by atoms with van der Waals surface area (Å²) in [6.45, 7) is 0. The lowest BCUT2D eigenvalue weighted by Gasteiger charge is -2.07. The first-order valence-electron chi connectivity index (χ1n) is 5.03. The predicted molar refractivity (Wildman–Crippen MR) is 64.3 cm³/mol. The monoisotopic (exact) mass is 232 g/mol. The Morgan fingerprint density at radius 3 is 2.82 bits per heavy atom. The number of carbonyl (C=O) groups excluding carboxylic acids is 1. The van der Waals surface area contributed by atoms with E-state index >= 15 is 0 Å². The average Bonchev–Trinajstić information content (AvgIpc) is 2.25. The van der Waals surface area contributed by atoms with E-state index in [9.17, 15) is 9.59 Å². The van der Waals surface area contributed by atoms with E-state index in [4.69, 9.17) is 11.5 Å². The number of nitrogens with two attached hydrogens (primary N) is 2. The van der Waals surface area contributed by atoms with Gasteiger partial charge < -0.3 is 11.5 Å². The Morgan fingerprint density at radius 2 is 2.18 bits per heavy atom. The van der Waals surface area contributed by atoms with Crippen LogP contribution in [0.2, 0.25) is 0 Å². The lowest BCUT2D eigenvalue weighted by molar-refractivity contribution is -0.117. The molecule has 0 bridgehead atoms. The standard InChI is InChI=1S/C11H12N4O2/c1-15-10(17)9-6(5-8(12)16)3-2-4-7(9)14-11(15)13/h2-4H,5H2,1H3,(H2,12,16)(H2,13,14). The third-order valence-electron chi connectivity index (χ3n) is 2.59. The van der Waals surface area contributed by atoms with Crippen molar-refractivity contribution in [2.75, 3.05) is 5.73 Å². The number of aromatic nitrogens is 2. The Hall–Kier alpha value is -2.37. The molecule has 0 unspecified atom stereocenters. The van der Waals surface area contributed by atoms with E-state index in [1.165, 1.54) is 11.6 Å². The minimum atomic E-state index is -0.489. The van der Waals surface area contributed by atoms with E-state index in [1.54, 1.807) is 18.2 Å². The van der Waals surface area contributed by atoms with Gasteiger partial charge in [0.2, 0.25) is 11.9 Å². The van der Waals surface area contributed by atoms with Crippen LogP contribution >= 0.6 is 0 Å². The first-order chi connectivity index (χ1) is 8.00. The van der Waals surface area contributed by atoms with E-state index in [0.717, 1.165) is 0 Å².